The molecule has 0 saturated heterocycles. The molecule has 0 radical (unpaired) electrons. The summed E-state index contributed by atoms with van der Waals surface area (Å²) in [6.45, 7) is 6.08. The second kappa shape index (κ2) is 3.26. The molecule has 0 bridgehead atoms. The highest BCUT2D eigenvalue weighted by Gasteiger charge is 2.03. The van der Waals surface area contributed by atoms with Gasteiger partial charge in [-0.3, -0.25) is 4.98 Å². The van der Waals surface area contributed by atoms with Crippen LogP contribution in [-0.2, 0) is 0 Å². The quantitative estimate of drug-likeness (QED) is 0.634. The fourth-order valence-corrected chi connectivity index (χ4v) is 1.41. The van der Waals surface area contributed by atoms with E-state index in [9.17, 15) is 0 Å². The highest BCUT2D eigenvalue weighted by molar-refractivity contribution is 7.80. The van der Waals surface area contributed by atoms with Crippen molar-refractivity contribution < 1.29 is 0 Å². The van der Waals surface area contributed by atoms with Crippen LogP contribution in [0.3, 0.4) is 0 Å². The van der Waals surface area contributed by atoms with E-state index in [-0.39, 0.29) is 5.25 Å². The zero-order chi connectivity index (χ0) is 8.43. The lowest BCUT2D eigenvalue weighted by Crippen LogP contribution is -1.94. The molecule has 2 heteroatoms. The summed E-state index contributed by atoms with van der Waals surface area (Å²) in [6, 6.07) is 4.12. The highest BCUT2D eigenvalue weighted by Crippen LogP contribution is 2.20. The van der Waals surface area contributed by atoms with Gasteiger partial charge in [0.2, 0.25) is 0 Å². The van der Waals surface area contributed by atoms with Crippen molar-refractivity contribution in [1.82, 2.24) is 4.98 Å². The van der Waals surface area contributed by atoms with Gasteiger partial charge in [-0.1, -0.05) is 6.07 Å². The second-order valence-corrected chi connectivity index (χ2v) is 3.58. The first kappa shape index (κ1) is 8.60. The molecule has 1 aromatic heterocycles. The van der Waals surface area contributed by atoms with Gasteiger partial charge in [0, 0.05) is 16.6 Å². The molecule has 0 spiro atoms. The SMILES string of the molecule is Cc1ccc(C(C)S)c(C)n1. The lowest BCUT2D eigenvalue weighted by Gasteiger charge is -2.07. The number of nitrogens with zero attached hydrogens (tertiary/aromatic N) is 1. The van der Waals surface area contributed by atoms with E-state index in [1.54, 1.807) is 0 Å². The molecule has 1 atom stereocenters. The fourth-order valence-electron chi connectivity index (χ4n) is 1.14. The van der Waals surface area contributed by atoms with Crippen LogP contribution in [0.25, 0.3) is 0 Å². The lowest BCUT2D eigenvalue weighted by atomic mass is 10.1. The lowest BCUT2D eigenvalue weighted by molar-refractivity contribution is 1.01. The molecule has 11 heavy (non-hydrogen) atoms. The average Bonchev–Trinajstić information content (AvgIpc) is 1.85. The van der Waals surface area contributed by atoms with E-state index in [1.807, 2.05) is 19.9 Å². The summed E-state index contributed by atoms with van der Waals surface area (Å²) in [7, 11) is 0. The standard InChI is InChI=1S/C9H13NS/c1-6-4-5-9(8(3)11)7(2)10-6/h4-5,8,11H,1-3H3. The summed E-state index contributed by atoms with van der Waals surface area (Å²) in [6.07, 6.45) is 0. The molecule has 1 heterocycles. The van der Waals surface area contributed by atoms with Crippen molar-refractivity contribution in [3.63, 3.8) is 0 Å². The van der Waals surface area contributed by atoms with Gasteiger partial charge in [0.15, 0.2) is 0 Å². The molecule has 0 aliphatic carbocycles. The molecule has 1 rings (SSSR count). The monoisotopic (exact) mass is 167 g/mol. The molecular formula is C9H13NS. The second-order valence-electron chi connectivity index (χ2n) is 2.80. The molecule has 60 valence electrons. The van der Waals surface area contributed by atoms with E-state index in [0.717, 1.165) is 11.4 Å². The van der Waals surface area contributed by atoms with Crippen molar-refractivity contribution in [2.45, 2.75) is 26.0 Å². The molecule has 0 aliphatic rings. The van der Waals surface area contributed by atoms with Crippen molar-refractivity contribution >= 4 is 12.6 Å². The molecule has 1 unspecified atom stereocenters. The van der Waals surface area contributed by atoms with E-state index in [2.05, 4.69) is 30.6 Å². The number of aromatic nitrogens is 1. The topological polar surface area (TPSA) is 12.9 Å². The molecular weight excluding hydrogens is 154 g/mol. The number of hydrogen-bond donors (Lipinski definition) is 1. The number of rotatable bonds is 1. The van der Waals surface area contributed by atoms with Crippen LogP contribution in [0.2, 0.25) is 0 Å². The van der Waals surface area contributed by atoms with Gasteiger partial charge in [-0.25, -0.2) is 0 Å². The van der Waals surface area contributed by atoms with E-state index in [4.69, 9.17) is 0 Å². The van der Waals surface area contributed by atoms with Crippen LogP contribution in [-0.4, -0.2) is 4.98 Å². The first-order valence-electron chi connectivity index (χ1n) is 3.73. The first-order valence-corrected chi connectivity index (χ1v) is 4.25. The van der Waals surface area contributed by atoms with E-state index >= 15 is 0 Å². The van der Waals surface area contributed by atoms with Crippen LogP contribution in [0, 0.1) is 13.8 Å². The minimum Gasteiger partial charge on any atom is -0.258 e. The van der Waals surface area contributed by atoms with Gasteiger partial charge in [-0.2, -0.15) is 12.6 Å². The van der Waals surface area contributed by atoms with Crippen LogP contribution >= 0.6 is 12.6 Å². The maximum atomic E-state index is 4.35. The van der Waals surface area contributed by atoms with Crippen LogP contribution in [0.1, 0.15) is 29.1 Å². The molecule has 1 aromatic rings. The van der Waals surface area contributed by atoms with Crippen molar-refractivity contribution in [2.24, 2.45) is 0 Å². The first-order chi connectivity index (χ1) is 5.11. The van der Waals surface area contributed by atoms with Gasteiger partial charge in [-0.05, 0) is 32.4 Å². The predicted molar refractivity (Wildman–Crippen MR) is 51.1 cm³/mol. The van der Waals surface area contributed by atoms with E-state index in [0.29, 0.717) is 0 Å². The summed E-state index contributed by atoms with van der Waals surface area (Å²) >= 11 is 4.35. The molecule has 0 saturated carbocycles. The average molecular weight is 167 g/mol. The number of pyridine rings is 1. The van der Waals surface area contributed by atoms with Crippen molar-refractivity contribution in [3.05, 3.63) is 29.1 Å². The molecule has 0 aromatic carbocycles. The van der Waals surface area contributed by atoms with Crippen LogP contribution < -0.4 is 0 Å². The van der Waals surface area contributed by atoms with Crippen LogP contribution in [0.15, 0.2) is 12.1 Å². The predicted octanol–water partition coefficient (Wildman–Crippen LogP) is 2.69. The summed E-state index contributed by atoms with van der Waals surface area (Å²) in [5, 5.41) is 0.281. The molecule has 1 nitrogen and oxygen atoms in total. The van der Waals surface area contributed by atoms with Crippen LogP contribution in [0.5, 0.6) is 0 Å². The molecule has 0 N–H and O–H groups in total. The Morgan fingerprint density at radius 1 is 1.36 bits per heavy atom. The Hall–Kier alpha value is -0.500. The van der Waals surface area contributed by atoms with Crippen molar-refractivity contribution in [1.29, 1.82) is 0 Å². The van der Waals surface area contributed by atoms with Crippen LogP contribution in [0.4, 0.5) is 0 Å². The van der Waals surface area contributed by atoms with Crippen molar-refractivity contribution in [2.75, 3.05) is 0 Å². The maximum Gasteiger partial charge on any atom is 0.0418 e. The minimum atomic E-state index is 0.281. The van der Waals surface area contributed by atoms with Gasteiger partial charge >= 0.3 is 0 Å². The number of aryl methyl sites for hydroxylation is 2. The smallest absolute Gasteiger partial charge is 0.0418 e. The van der Waals surface area contributed by atoms with Gasteiger partial charge < -0.3 is 0 Å². The Kier molecular flexibility index (Phi) is 2.55. The van der Waals surface area contributed by atoms with Crippen molar-refractivity contribution in [3.8, 4) is 0 Å². The normalized spacial score (nSPS) is 13.1. The zero-order valence-electron chi connectivity index (χ0n) is 7.13. The maximum absolute atomic E-state index is 4.35. The largest absolute Gasteiger partial charge is 0.258 e. The third-order valence-corrected chi connectivity index (χ3v) is 1.99. The third kappa shape index (κ3) is 1.96. The summed E-state index contributed by atoms with van der Waals surface area (Å²) < 4.78 is 0. The third-order valence-electron chi connectivity index (χ3n) is 1.72. The van der Waals surface area contributed by atoms with Gasteiger partial charge in [-0.15, -0.1) is 0 Å². The summed E-state index contributed by atoms with van der Waals surface area (Å²) in [5.41, 5.74) is 3.38. The highest BCUT2D eigenvalue weighted by atomic mass is 32.1. The molecule has 0 fully saturated rings. The van der Waals surface area contributed by atoms with Gasteiger partial charge in [0.1, 0.15) is 0 Å². The van der Waals surface area contributed by atoms with Gasteiger partial charge in [0.25, 0.3) is 0 Å². The van der Waals surface area contributed by atoms with E-state index < -0.39 is 0 Å². The summed E-state index contributed by atoms with van der Waals surface area (Å²) in [5.74, 6) is 0. The zero-order valence-corrected chi connectivity index (χ0v) is 8.02. The minimum absolute atomic E-state index is 0.281. The summed E-state index contributed by atoms with van der Waals surface area (Å²) in [4.78, 5) is 4.35. The Morgan fingerprint density at radius 3 is 2.45 bits per heavy atom. The van der Waals surface area contributed by atoms with E-state index in [1.165, 1.54) is 5.56 Å². The Morgan fingerprint density at radius 2 is 2.00 bits per heavy atom. The molecule has 0 amide bonds. The Balaban J connectivity index is 3.09. The molecule has 0 aliphatic heterocycles. The number of hydrogen-bond acceptors (Lipinski definition) is 2. The Bertz CT molecular complexity index is 256. The van der Waals surface area contributed by atoms with Gasteiger partial charge in [0.05, 0.1) is 0 Å². The Labute approximate surface area is 73.3 Å². The number of thiol groups is 1. The fraction of sp³-hybridized carbons (Fsp3) is 0.444.